The molecule has 0 unspecified atom stereocenters. The molecule has 3 aliphatic rings. The van der Waals surface area contributed by atoms with Gasteiger partial charge in [0.15, 0.2) is 0 Å². The van der Waals surface area contributed by atoms with Gasteiger partial charge in [-0.25, -0.2) is 12.7 Å². The number of hydrogen-bond donors (Lipinski definition) is 0. The number of likely N-dealkylation sites (N-methyl/N-ethyl adjacent to an activating group) is 1. The molecule has 5 radical (unpaired) electrons. The third kappa shape index (κ3) is 4.02. The molecule has 0 aliphatic heterocycles. The highest BCUT2D eigenvalue weighted by atomic mass is 32.2. The predicted octanol–water partition coefficient (Wildman–Crippen LogP) is 4.87. The van der Waals surface area contributed by atoms with Crippen molar-refractivity contribution < 1.29 is 13.2 Å². The van der Waals surface area contributed by atoms with Crippen LogP contribution in [0.1, 0.15) is 50.8 Å². The first-order valence-electron chi connectivity index (χ1n) is 11.0. The van der Waals surface area contributed by atoms with Crippen LogP contribution < -0.4 is 0 Å². The van der Waals surface area contributed by atoms with Crippen LogP contribution in [-0.2, 0) is 14.8 Å². The summed E-state index contributed by atoms with van der Waals surface area (Å²) in [6.45, 7) is 6.15. The fourth-order valence-electron chi connectivity index (χ4n) is 5.63. The van der Waals surface area contributed by atoms with Crippen LogP contribution in [0.2, 0.25) is 0 Å². The zero-order valence-corrected chi connectivity index (χ0v) is 20.4. The molecule has 4 rings (SSSR count). The molecule has 0 heterocycles. The summed E-state index contributed by atoms with van der Waals surface area (Å²) < 4.78 is 28.8. The highest BCUT2D eigenvalue weighted by Crippen LogP contribution is 2.64. The molecule has 0 N–H and O–H groups in total. The third-order valence-electron chi connectivity index (χ3n) is 8.04. The number of ketones is 1. The Morgan fingerprint density at radius 2 is 1.81 bits per heavy atom. The van der Waals surface area contributed by atoms with Gasteiger partial charge in [0.2, 0.25) is 10.0 Å². The zero-order valence-electron chi connectivity index (χ0n) is 18.7. The molecule has 1 aromatic carbocycles. The van der Waals surface area contributed by atoms with E-state index in [9.17, 15) is 13.2 Å². The van der Waals surface area contributed by atoms with E-state index in [0.717, 1.165) is 17.2 Å². The number of thioether (sulfide) groups is 1. The van der Waals surface area contributed by atoms with Crippen molar-refractivity contribution in [3.63, 3.8) is 0 Å². The van der Waals surface area contributed by atoms with Gasteiger partial charge in [-0.2, -0.15) is 0 Å². The van der Waals surface area contributed by atoms with Crippen molar-refractivity contribution in [1.29, 1.82) is 0 Å². The van der Waals surface area contributed by atoms with E-state index in [2.05, 4.69) is 38.8 Å². The number of rotatable bonds is 8. The van der Waals surface area contributed by atoms with Crippen molar-refractivity contribution in [3.8, 4) is 0 Å². The molecule has 3 aliphatic carbocycles. The lowest BCUT2D eigenvalue weighted by molar-refractivity contribution is -0.128. The number of carbonyl (C=O) groups is 1. The molecular weight excluding hydrogens is 426 g/mol. The number of sulfonamides is 1. The third-order valence-corrected chi connectivity index (χ3v) is 11.6. The summed E-state index contributed by atoms with van der Waals surface area (Å²) in [7, 11) is -1.95. The molecule has 0 aromatic heterocycles. The first kappa shape index (κ1) is 23.3. The van der Waals surface area contributed by atoms with E-state index in [0.29, 0.717) is 18.8 Å². The van der Waals surface area contributed by atoms with Crippen molar-refractivity contribution in [2.24, 2.45) is 16.7 Å². The summed E-state index contributed by atoms with van der Waals surface area (Å²) in [6, 6.07) is 9.81. The Kier molecular flexibility index (Phi) is 6.39. The predicted molar refractivity (Wildman–Crippen MR) is 127 cm³/mol. The Morgan fingerprint density at radius 3 is 2.35 bits per heavy atom. The van der Waals surface area contributed by atoms with Crippen molar-refractivity contribution in [2.75, 3.05) is 12.8 Å². The van der Waals surface area contributed by atoms with Crippen molar-refractivity contribution in [3.05, 3.63) is 66.8 Å². The van der Waals surface area contributed by atoms with Gasteiger partial charge in [0, 0.05) is 35.4 Å². The highest BCUT2D eigenvalue weighted by Gasteiger charge is 2.65. The molecule has 0 amide bonds. The van der Waals surface area contributed by atoms with Gasteiger partial charge in [0.05, 0.1) is 5.75 Å². The van der Waals surface area contributed by atoms with E-state index in [1.54, 1.807) is 18.8 Å². The minimum Gasteiger partial charge on any atom is -0.299 e. The SMILES string of the molecule is C[C@@H]([C@H](S[C]1[CH][CH][CH][CH]1)c1ccccc1)N(C)S(=O)(=O)C[C@]12CC[C@H](CC1=O)C2(C)C. The Hall–Kier alpha value is -0.850. The molecule has 4 nitrogen and oxygen atoms in total. The average Bonchev–Trinajstić information content (AvgIpc) is 3.38. The second-order valence-electron chi connectivity index (χ2n) is 9.75. The van der Waals surface area contributed by atoms with Crippen molar-refractivity contribution in [1.82, 2.24) is 4.31 Å². The van der Waals surface area contributed by atoms with Crippen LogP contribution in [0.3, 0.4) is 0 Å². The van der Waals surface area contributed by atoms with Crippen molar-refractivity contribution >= 4 is 27.6 Å². The van der Waals surface area contributed by atoms with E-state index >= 15 is 0 Å². The van der Waals surface area contributed by atoms with Crippen LogP contribution in [0.25, 0.3) is 0 Å². The van der Waals surface area contributed by atoms with Gasteiger partial charge in [-0.3, -0.25) is 4.79 Å². The molecule has 2 bridgehead atoms. The molecule has 1 aromatic rings. The lowest BCUT2D eigenvalue weighted by Crippen LogP contribution is -2.48. The van der Waals surface area contributed by atoms with Crippen LogP contribution in [-0.4, -0.2) is 37.3 Å². The van der Waals surface area contributed by atoms with Gasteiger partial charge in [-0.05, 0) is 62.3 Å². The normalized spacial score (nSPS) is 30.2. The van der Waals surface area contributed by atoms with E-state index in [4.69, 9.17) is 0 Å². The number of Topliss-reactive ketones (excluding diaryl/α,β-unsaturated/α-hetero) is 1. The lowest BCUT2D eigenvalue weighted by atomic mass is 9.70. The number of benzene rings is 1. The Labute approximate surface area is 192 Å². The van der Waals surface area contributed by atoms with Crippen molar-refractivity contribution in [2.45, 2.75) is 51.3 Å². The van der Waals surface area contributed by atoms with E-state index < -0.39 is 15.4 Å². The van der Waals surface area contributed by atoms with Gasteiger partial charge in [0.1, 0.15) is 5.78 Å². The molecule has 3 fully saturated rings. The Balaban J connectivity index is 1.58. The summed E-state index contributed by atoms with van der Waals surface area (Å²) >= 11 is 1.68. The molecule has 3 saturated carbocycles. The second-order valence-corrected chi connectivity index (χ2v) is 13.0. The van der Waals surface area contributed by atoms with Gasteiger partial charge in [-0.15, -0.1) is 11.8 Å². The second kappa shape index (κ2) is 8.49. The molecule has 0 saturated heterocycles. The van der Waals surface area contributed by atoms with Crippen LogP contribution in [0, 0.1) is 47.7 Å². The molecule has 4 atom stereocenters. The Morgan fingerprint density at radius 1 is 1.16 bits per heavy atom. The largest absolute Gasteiger partial charge is 0.299 e. The van der Waals surface area contributed by atoms with Gasteiger partial charge < -0.3 is 0 Å². The Bertz CT molecular complexity index is 908. The fraction of sp³-hybridized carbons (Fsp3) is 0.520. The first-order valence-corrected chi connectivity index (χ1v) is 13.5. The standard InChI is InChI=1S/C25H32NO3S2/c1-18(23(19-10-6-5-7-11-19)30-21-12-8-9-13-21)26(4)31(28,29)17-25-15-14-20(16-22(25)27)24(25,2)3/h5-13,18,20,23H,14-17H2,1-4H3/t18-,20+,23-,25+/m0/s1. The van der Waals surface area contributed by atoms with Crippen LogP contribution in [0.4, 0.5) is 0 Å². The number of hydrogen-bond acceptors (Lipinski definition) is 4. The fourth-order valence-corrected chi connectivity index (χ4v) is 9.12. The zero-order chi connectivity index (χ0) is 22.4. The summed E-state index contributed by atoms with van der Waals surface area (Å²) in [5.74, 6) is 0.373. The maximum atomic E-state index is 13.6. The summed E-state index contributed by atoms with van der Waals surface area (Å²) in [5.41, 5.74) is 0.0925. The number of nitrogens with zero attached hydrogens (tertiary/aromatic N) is 1. The highest BCUT2D eigenvalue weighted by molar-refractivity contribution is 8.02. The van der Waals surface area contributed by atoms with E-state index in [1.807, 2.05) is 38.0 Å². The molecule has 6 heteroatoms. The number of fused-ring (bicyclic) bond motifs is 2. The van der Waals surface area contributed by atoms with Gasteiger partial charge in [0.25, 0.3) is 0 Å². The molecular formula is C25H32NO3S2. The average molecular weight is 459 g/mol. The van der Waals surface area contributed by atoms with Gasteiger partial charge in [-0.1, -0.05) is 44.2 Å². The van der Waals surface area contributed by atoms with Gasteiger partial charge >= 0.3 is 0 Å². The topological polar surface area (TPSA) is 54.5 Å². The summed E-state index contributed by atoms with van der Waals surface area (Å²) in [4.78, 5) is 12.9. The van der Waals surface area contributed by atoms with Crippen LogP contribution >= 0.6 is 11.8 Å². The number of carbonyl (C=O) groups excluding carboxylic acids is 1. The minimum atomic E-state index is -3.62. The molecule has 31 heavy (non-hydrogen) atoms. The van der Waals surface area contributed by atoms with Crippen LogP contribution in [0.15, 0.2) is 30.3 Å². The smallest absolute Gasteiger partial charge is 0.215 e. The first-order chi connectivity index (χ1) is 14.6. The van der Waals surface area contributed by atoms with E-state index in [1.165, 1.54) is 4.31 Å². The summed E-state index contributed by atoms with van der Waals surface area (Å²) in [6.07, 6.45) is 10.3. The monoisotopic (exact) mass is 458 g/mol. The van der Waals surface area contributed by atoms with E-state index in [-0.39, 0.29) is 28.2 Å². The molecule has 0 spiro atoms. The van der Waals surface area contributed by atoms with Crippen LogP contribution in [0.5, 0.6) is 0 Å². The summed E-state index contributed by atoms with van der Waals surface area (Å²) in [5, 5.41) is 1.07. The lowest BCUT2D eigenvalue weighted by Gasteiger charge is -2.39. The maximum Gasteiger partial charge on any atom is 0.215 e. The maximum absolute atomic E-state index is 13.6. The quantitative estimate of drug-likeness (QED) is 0.558. The molecule has 167 valence electrons. The minimum absolute atomic E-state index is 0.0514.